The van der Waals surface area contributed by atoms with Crippen LogP contribution in [0.25, 0.3) is 111 Å². The Morgan fingerprint density at radius 1 is 0.258 bits per heavy atom. The van der Waals surface area contributed by atoms with Gasteiger partial charge < -0.3 is 9.13 Å². The van der Waals surface area contributed by atoms with Gasteiger partial charge in [-0.3, -0.25) is 0 Å². The maximum atomic E-state index is 9.92. The second-order valence-corrected chi connectivity index (χ2v) is 15.6. The third-order valence-corrected chi connectivity index (χ3v) is 12.0. The molecule has 0 spiro atoms. The molecule has 10 aromatic carbocycles. The molecule has 62 heavy (non-hydrogen) atoms. The number of nitrogens with zero attached hydrogens (tertiary/aromatic N) is 2. The molecule has 0 N–H and O–H groups in total. The molecule has 0 atom stereocenters. The van der Waals surface area contributed by atoms with Gasteiger partial charge in [0.05, 0.1) is 31.7 Å². The number of aromatic nitrogens is 2. The Morgan fingerprint density at radius 3 is 1.27 bits per heavy atom. The van der Waals surface area contributed by atoms with E-state index in [4.69, 9.17) is 4.11 Å². The Labute approximate surface area is 370 Å². The SMILES string of the molecule is [2H]c1c([2H])c([2H])c2c(c1[2H])c1c([2H])c(-c3ccc4c(c3)c3ccc(-c5ccccc5)cc3n4-c3ccc(-c4ccc(-c5ccccc5)cc4)cc3)c([2H])c([2H])c1n2-c1ccc(-c2ccccc2)cc1. The highest BCUT2D eigenvalue weighted by atomic mass is 15.0. The minimum atomic E-state index is -0.425. The molecule has 0 unspecified atom stereocenters. The van der Waals surface area contributed by atoms with E-state index in [2.05, 4.69) is 95.6 Å². The first-order chi connectivity index (χ1) is 33.7. The fourth-order valence-corrected chi connectivity index (χ4v) is 8.90. The van der Waals surface area contributed by atoms with E-state index < -0.39 is 12.1 Å². The molecule has 12 aromatic rings. The van der Waals surface area contributed by atoms with E-state index in [0.29, 0.717) is 11.3 Å². The lowest BCUT2D eigenvalue weighted by Gasteiger charge is -2.11. The van der Waals surface area contributed by atoms with Gasteiger partial charge in [-0.2, -0.15) is 0 Å². The van der Waals surface area contributed by atoms with Crippen molar-refractivity contribution < 1.29 is 9.60 Å². The zero-order valence-electron chi connectivity index (χ0n) is 40.4. The van der Waals surface area contributed by atoms with Gasteiger partial charge in [0.15, 0.2) is 0 Å². The van der Waals surface area contributed by atoms with Crippen molar-refractivity contribution in [1.82, 2.24) is 9.13 Å². The Kier molecular flexibility index (Phi) is 6.95. The van der Waals surface area contributed by atoms with Crippen LogP contribution in [0.2, 0.25) is 0 Å². The standard InChI is InChI=1S/C60H40N2/c1-4-12-41(13-5-1)44-20-22-45(23-21-44)47-26-33-52(34-27-47)62-59-37-30-49(39-56(59)54-35-28-50(40-60(54)62)43-16-8-3-9-17-43)48-29-36-58-55(38-48)53-18-10-11-19-57(53)61(58)51-31-24-46(25-32-51)42-14-6-2-7-15-42/h1-40H/i10D,11D,18D,19D,29D,36D,38D. The van der Waals surface area contributed by atoms with Crippen molar-refractivity contribution in [2.45, 2.75) is 0 Å². The highest BCUT2D eigenvalue weighted by molar-refractivity contribution is 6.13. The number of benzene rings is 10. The molecule has 2 nitrogen and oxygen atoms in total. The highest BCUT2D eigenvalue weighted by Gasteiger charge is 2.17. The maximum Gasteiger partial charge on any atom is 0.0645 e. The van der Waals surface area contributed by atoms with Gasteiger partial charge in [0, 0.05) is 32.9 Å². The first-order valence-electron chi connectivity index (χ1n) is 24.3. The Morgan fingerprint density at radius 2 is 0.694 bits per heavy atom. The largest absolute Gasteiger partial charge is 0.309 e. The molecule has 2 aromatic heterocycles. The smallest absolute Gasteiger partial charge is 0.0645 e. The topological polar surface area (TPSA) is 9.86 Å². The summed E-state index contributed by atoms with van der Waals surface area (Å²) < 4.78 is 68.8. The summed E-state index contributed by atoms with van der Waals surface area (Å²) in [5.74, 6) is 0. The van der Waals surface area contributed by atoms with Crippen LogP contribution in [0.15, 0.2) is 242 Å². The summed E-state index contributed by atoms with van der Waals surface area (Å²) in [6.07, 6.45) is 0. The van der Waals surface area contributed by atoms with Crippen LogP contribution < -0.4 is 0 Å². The predicted octanol–water partition coefficient (Wildman–Crippen LogP) is 16.2. The quantitative estimate of drug-likeness (QED) is 0.152. The Hall–Kier alpha value is -8.20. The summed E-state index contributed by atoms with van der Waals surface area (Å²) in [6, 6.07) is 65.8. The molecule has 0 aliphatic carbocycles. The molecule has 2 heteroatoms. The first-order valence-corrected chi connectivity index (χ1v) is 20.8. The zero-order valence-corrected chi connectivity index (χ0v) is 33.4. The minimum Gasteiger partial charge on any atom is -0.309 e. The summed E-state index contributed by atoms with van der Waals surface area (Å²) in [4.78, 5) is 0. The summed E-state index contributed by atoms with van der Waals surface area (Å²) in [5.41, 5.74) is 13.2. The molecule has 0 radical (unpaired) electrons. The molecule has 12 rings (SSSR count). The second-order valence-electron chi connectivity index (χ2n) is 15.6. The first kappa shape index (κ1) is 29.1. The van der Waals surface area contributed by atoms with E-state index in [1.54, 1.807) is 4.57 Å². The third-order valence-electron chi connectivity index (χ3n) is 12.0. The summed E-state index contributed by atoms with van der Waals surface area (Å²) in [6.45, 7) is 0. The highest BCUT2D eigenvalue weighted by Crippen LogP contribution is 2.40. The van der Waals surface area contributed by atoms with Crippen molar-refractivity contribution in [2.75, 3.05) is 0 Å². The van der Waals surface area contributed by atoms with Crippen LogP contribution in [-0.2, 0) is 0 Å². The van der Waals surface area contributed by atoms with Gasteiger partial charge in [0.1, 0.15) is 0 Å². The van der Waals surface area contributed by atoms with Crippen molar-refractivity contribution in [2.24, 2.45) is 0 Å². The Balaban J connectivity index is 1.04. The normalized spacial score (nSPS) is 13.1. The summed E-state index contributed by atoms with van der Waals surface area (Å²) >= 11 is 0. The molecule has 0 bridgehead atoms. The van der Waals surface area contributed by atoms with Crippen LogP contribution in [0.3, 0.4) is 0 Å². The molecule has 290 valence electrons. The maximum absolute atomic E-state index is 9.92. The van der Waals surface area contributed by atoms with Crippen LogP contribution in [-0.4, -0.2) is 9.13 Å². The molecule has 0 saturated heterocycles. The third kappa shape index (κ3) is 6.12. The Bertz CT molecular complexity index is 3980. The predicted molar refractivity (Wildman–Crippen MR) is 262 cm³/mol. The molecular formula is C60H40N2. The zero-order chi connectivity index (χ0) is 47.1. The molecule has 0 amide bonds. The monoisotopic (exact) mass is 795 g/mol. The molecule has 0 aliphatic rings. The lowest BCUT2D eigenvalue weighted by molar-refractivity contribution is 1.18. The van der Waals surface area contributed by atoms with Crippen LogP contribution >= 0.6 is 0 Å². The van der Waals surface area contributed by atoms with E-state index >= 15 is 0 Å². The summed E-state index contributed by atoms with van der Waals surface area (Å²) in [7, 11) is 0. The number of fused-ring (bicyclic) bond motifs is 6. The molecule has 2 heterocycles. The van der Waals surface area contributed by atoms with Crippen molar-refractivity contribution in [3.05, 3.63) is 242 Å². The van der Waals surface area contributed by atoms with Gasteiger partial charge >= 0.3 is 0 Å². The molecule has 0 fully saturated rings. The van der Waals surface area contributed by atoms with Crippen molar-refractivity contribution in [3.63, 3.8) is 0 Å². The van der Waals surface area contributed by atoms with Crippen LogP contribution in [0.1, 0.15) is 9.60 Å². The van der Waals surface area contributed by atoms with E-state index in [9.17, 15) is 5.48 Å². The van der Waals surface area contributed by atoms with Crippen LogP contribution in [0.5, 0.6) is 0 Å². The lowest BCUT2D eigenvalue weighted by atomic mass is 9.99. The van der Waals surface area contributed by atoms with E-state index in [1.807, 2.05) is 109 Å². The second kappa shape index (κ2) is 14.8. The van der Waals surface area contributed by atoms with Crippen molar-refractivity contribution >= 4 is 43.6 Å². The van der Waals surface area contributed by atoms with E-state index in [0.717, 1.165) is 66.4 Å². The van der Waals surface area contributed by atoms with Gasteiger partial charge in [0.25, 0.3) is 0 Å². The van der Waals surface area contributed by atoms with Crippen molar-refractivity contribution in [3.8, 4) is 67.0 Å². The van der Waals surface area contributed by atoms with E-state index in [1.165, 1.54) is 5.56 Å². The minimum absolute atomic E-state index is 0.0810. The number of hydrogen-bond acceptors (Lipinski definition) is 0. The van der Waals surface area contributed by atoms with Crippen LogP contribution in [0.4, 0.5) is 0 Å². The van der Waals surface area contributed by atoms with Crippen LogP contribution in [0, 0.1) is 0 Å². The lowest BCUT2D eigenvalue weighted by Crippen LogP contribution is -1.94. The van der Waals surface area contributed by atoms with Gasteiger partial charge in [-0.25, -0.2) is 0 Å². The molecule has 0 saturated carbocycles. The van der Waals surface area contributed by atoms with Gasteiger partial charge in [-0.05, 0) is 116 Å². The van der Waals surface area contributed by atoms with Gasteiger partial charge in [-0.1, -0.05) is 182 Å². The molecule has 0 aliphatic heterocycles. The number of rotatable bonds is 7. The van der Waals surface area contributed by atoms with Gasteiger partial charge in [-0.15, -0.1) is 0 Å². The number of para-hydroxylation sites is 1. The number of hydrogen-bond donors (Lipinski definition) is 0. The average Bonchev–Trinajstić information content (AvgIpc) is 3.94. The van der Waals surface area contributed by atoms with Gasteiger partial charge in [0.2, 0.25) is 0 Å². The average molecular weight is 796 g/mol. The fourth-order valence-electron chi connectivity index (χ4n) is 8.90. The summed E-state index contributed by atoms with van der Waals surface area (Å²) in [5, 5.41) is 2.22. The van der Waals surface area contributed by atoms with Crippen molar-refractivity contribution in [1.29, 1.82) is 0 Å². The van der Waals surface area contributed by atoms with E-state index in [-0.39, 0.29) is 57.6 Å². The molecular weight excluding hydrogens is 749 g/mol. The fraction of sp³-hybridized carbons (Fsp3) is 0.